The van der Waals surface area contributed by atoms with Gasteiger partial charge in [-0.2, -0.15) is 0 Å². The fraction of sp³-hybridized carbons (Fsp3) is 0.208. The lowest BCUT2D eigenvalue weighted by molar-refractivity contribution is 0.0503. The Morgan fingerprint density at radius 2 is 1.69 bits per heavy atom. The Bertz CT molecular complexity index is 1320. The molecule has 8 heteroatoms. The third-order valence-corrected chi connectivity index (χ3v) is 6.52. The third kappa shape index (κ3) is 4.29. The van der Waals surface area contributed by atoms with Crippen LogP contribution in [0.4, 0.5) is 0 Å². The first-order chi connectivity index (χ1) is 15.5. The maximum Gasteiger partial charge on any atom is 0.338 e. The van der Waals surface area contributed by atoms with Gasteiger partial charge >= 0.3 is 5.97 Å². The Labute approximate surface area is 202 Å². The van der Waals surface area contributed by atoms with Crippen molar-refractivity contribution in [3.05, 3.63) is 77.4 Å². The van der Waals surface area contributed by atoms with E-state index < -0.39 is 5.97 Å². The number of nitrogens with zero attached hydrogens (tertiary/aromatic N) is 2. The minimum Gasteiger partial charge on any atom is -0.460 e. The number of imidazole rings is 1. The largest absolute Gasteiger partial charge is 0.460 e. The molecular formula is C24H21Br2N3O3. The fourth-order valence-electron chi connectivity index (χ4n) is 3.82. The SMILES string of the molecule is Cn1ccnc1C(=O)NCCOC(=O)c1ccc2c(CBr)c(CBr)c3ccccc3c2c1. The monoisotopic (exact) mass is 557 g/mol. The van der Waals surface area contributed by atoms with E-state index in [0.717, 1.165) is 32.2 Å². The van der Waals surface area contributed by atoms with E-state index in [1.807, 2.05) is 24.3 Å². The molecule has 1 heterocycles. The summed E-state index contributed by atoms with van der Waals surface area (Å²) in [4.78, 5) is 28.7. The summed E-state index contributed by atoms with van der Waals surface area (Å²) in [6.07, 6.45) is 3.25. The maximum absolute atomic E-state index is 12.7. The molecule has 1 aromatic heterocycles. The van der Waals surface area contributed by atoms with E-state index in [1.165, 1.54) is 11.1 Å². The number of hydrogen-bond acceptors (Lipinski definition) is 4. The highest BCUT2D eigenvalue weighted by molar-refractivity contribution is 9.09. The second kappa shape index (κ2) is 9.83. The number of benzene rings is 3. The summed E-state index contributed by atoms with van der Waals surface area (Å²) >= 11 is 7.25. The molecule has 0 bridgehead atoms. The lowest BCUT2D eigenvalue weighted by Gasteiger charge is -2.15. The number of hydrogen-bond donors (Lipinski definition) is 1. The molecular weight excluding hydrogens is 538 g/mol. The number of fused-ring (bicyclic) bond motifs is 3. The van der Waals surface area contributed by atoms with Gasteiger partial charge in [-0.25, -0.2) is 9.78 Å². The predicted octanol–water partition coefficient (Wildman–Crippen LogP) is 5.10. The molecule has 0 spiro atoms. The number of carbonyl (C=O) groups excluding carboxylic acids is 2. The second-order valence-electron chi connectivity index (χ2n) is 7.28. The Hall–Kier alpha value is -2.71. The summed E-state index contributed by atoms with van der Waals surface area (Å²) in [7, 11) is 1.74. The molecule has 1 N–H and O–H groups in total. The van der Waals surface area contributed by atoms with Gasteiger partial charge < -0.3 is 14.6 Å². The van der Waals surface area contributed by atoms with Gasteiger partial charge in [0.2, 0.25) is 0 Å². The Morgan fingerprint density at radius 1 is 1.00 bits per heavy atom. The van der Waals surface area contributed by atoms with Gasteiger partial charge in [0.15, 0.2) is 5.82 Å². The van der Waals surface area contributed by atoms with Crippen molar-refractivity contribution in [3.63, 3.8) is 0 Å². The lowest BCUT2D eigenvalue weighted by atomic mass is 9.92. The average Bonchev–Trinajstić information content (AvgIpc) is 3.26. The minimum absolute atomic E-state index is 0.0724. The topological polar surface area (TPSA) is 73.2 Å². The molecule has 0 saturated carbocycles. The van der Waals surface area contributed by atoms with Crippen LogP contribution < -0.4 is 5.32 Å². The van der Waals surface area contributed by atoms with Crippen molar-refractivity contribution in [2.75, 3.05) is 13.2 Å². The van der Waals surface area contributed by atoms with Gasteiger partial charge in [0.25, 0.3) is 5.91 Å². The zero-order chi connectivity index (χ0) is 22.7. The summed E-state index contributed by atoms with van der Waals surface area (Å²) in [6, 6.07) is 13.9. The molecule has 0 aliphatic carbocycles. The molecule has 0 fully saturated rings. The lowest BCUT2D eigenvalue weighted by Crippen LogP contribution is -2.30. The summed E-state index contributed by atoms with van der Waals surface area (Å²) in [5.41, 5.74) is 2.92. The first kappa shape index (κ1) is 22.5. The van der Waals surface area contributed by atoms with Crippen LogP contribution in [0.3, 0.4) is 0 Å². The fourth-order valence-corrected chi connectivity index (χ4v) is 5.10. The minimum atomic E-state index is -0.424. The third-order valence-electron chi connectivity index (χ3n) is 5.40. The van der Waals surface area contributed by atoms with Gasteiger partial charge in [0, 0.05) is 30.1 Å². The van der Waals surface area contributed by atoms with Crippen molar-refractivity contribution in [1.29, 1.82) is 0 Å². The van der Waals surface area contributed by atoms with Gasteiger partial charge in [-0.3, -0.25) is 4.79 Å². The van der Waals surface area contributed by atoms with Crippen LogP contribution in [0.2, 0.25) is 0 Å². The number of amides is 1. The molecule has 0 saturated heterocycles. The zero-order valence-corrected chi connectivity index (χ0v) is 20.6. The predicted molar refractivity (Wildman–Crippen MR) is 133 cm³/mol. The maximum atomic E-state index is 12.7. The van der Waals surface area contributed by atoms with Crippen LogP contribution in [0.25, 0.3) is 21.5 Å². The van der Waals surface area contributed by atoms with E-state index in [4.69, 9.17) is 4.74 Å². The first-order valence-electron chi connectivity index (χ1n) is 10.1. The molecule has 4 rings (SSSR count). The molecule has 0 aliphatic rings. The molecule has 3 aromatic carbocycles. The summed E-state index contributed by atoms with van der Waals surface area (Å²) in [5.74, 6) is -0.425. The van der Waals surface area contributed by atoms with E-state index in [1.54, 1.807) is 30.1 Å². The Balaban J connectivity index is 1.53. The van der Waals surface area contributed by atoms with Crippen molar-refractivity contribution in [1.82, 2.24) is 14.9 Å². The van der Waals surface area contributed by atoms with Crippen LogP contribution >= 0.6 is 31.9 Å². The van der Waals surface area contributed by atoms with E-state index in [2.05, 4.69) is 54.3 Å². The smallest absolute Gasteiger partial charge is 0.338 e. The van der Waals surface area contributed by atoms with Crippen LogP contribution in [0, 0.1) is 0 Å². The summed E-state index contributed by atoms with van der Waals surface area (Å²) < 4.78 is 7.02. The molecule has 1 amide bonds. The van der Waals surface area contributed by atoms with Crippen molar-refractivity contribution in [2.45, 2.75) is 10.7 Å². The first-order valence-corrected chi connectivity index (χ1v) is 12.3. The summed E-state index contributed by atoms with van der Waals surface area (Å²) in [6.45, 7) is 0.277. The normalized spacial score (nSPS) is 11.1. The van der Waals surface area contributed by atoms with Crippen LogP contribution in [0.5, 0.6) is 0 Å². The Kier molecular flexibility index (Phi) is 6.91. The molecule has 6 nitrogen and oxygen atoms in total. The van der Waals surface area contributed by atoms with Gasteiger partial charge in [-0.15, -0.1) is 0 Å². The van der Waals surface area contributed by atoms with E-state index in [-0.39, 0.29) is 19.1 Å². The number of nitrogens with one attached hydrogen (secondary N) is 1. The molecule has 164 valence electrons. The molecule has 0 aliphatic heterocycles. The number of ether oxygens (including phenoxy) is 1. The number of rotatable bonds is 7. The van der Waals surface area contributed by atoms with E-state index >= 15 is 0 Å². The molecule has 32 heavy (non-hydrogen) atoms. The van der Waals surface area contributed by atoms with Gasteiger partial charge in [-0.05, 0) is 44.8 Å². The number of esters is 1. The number of alkyl halides is 2. The van der Waals surface area contributed by atoms with Crippen LogP contribution in [-0.4, -0.2) is 34.6 Å². The van der Waals surface area contributed by atoms with Crippen molar-refractivity contribution in [2.24, 2.45) is 7.05 Å². The second-order valence-corrected chi connectivity index (χ2v) is 8.41. The molecule has 4 aromatic rings. The molecule has 0 unspecified atom stereocenters. The number of halogens is 2. The van der Waals surface area contributed by atoms with Gasteiger partial charge in [0.05, 0.1) is 12.1 Å². The highest BCUT2D eigenvalue weighted by Crippen LogP contribution is 2.35. The van der Waals surface area contributed by atoms with Crippen molar-refractivity contribution < 1.29 is 14.3 Å². The quantitative estimate of drug-likeness (QED) is 0.148. The standard InChI is InChI=1S/C24H21Br2N3O3/c1-29-10-8-27-22(29)23(30)28-9-11-32-24(31)15-6-7-18-19(12-15)16-4-2-3-5-17(16)20(13-25)21(18)14-26/h2-8,10,12H,9,11,13-14H2,1H3,(H,28,30). The van der Waals surface area contributed by atoms with Crippen molar-refractivity contribution >= 4 is 65.3 Å². The number of carbonyl (C=O) groups is 2. The van der Waals surface area contributed by atoms with E-state index in [0.29, 0.717) is 11.4 Å². The Morgan fingerprint density at radius 3 is 2.34 bits per heavy atom. The number of aromatic nitrogens is 2. The van der Waals surface area contributed by atoms with Gasteiger partial charge in [-0.1, -0.05) is 62.2 Å². The molecule has 0 radical (unpaired) electrons. The van der Waals surface area contributed by atoms with E-state index in [9.17, 15) is 9.59 Å². The average molecular weight is 559 g/mol. The molecule has 0 atom stereocenters. The van der Waals surface area contributed by atoms with Gasteiger partial charge in [0.1, 0.15) is 6.61 Å². The summed E-state index contributed by atoms with van der Waals surface area (Å²) in [5, 5.41) is 8.54. The van der Waals surface area contributed by atoms with Crippen molar-refractivity contribution in [3.8, 4) is 0 Å². The highest BCUT2D eigenvalue weighted by Gasteiger charge is 2.16. The number of aryl methyl sites for hydroxylation is 1. The van der Waals surface area contributed by atoms with Crippen LogP contribution in [-0.2, 0) is 22.4 Å². The van der Waals surface area contributed by atoms with Crippen LogP contribution in [0.15, 0.2) is 54.9 Å². The highest BCUT2D eigenvalue weighted by atomic mass is 79.9. The van der Waals surface area contributed by atoms with Crippen LogP contribution in [0.1, 0.15) is 32.1 Å². The zero-order valence-electron chi connectivity index (χ0n) is 17.4.